The molecule has 4 aromatic rings. The number of rotatable bonds is 12. The topological polar surface area (TPSA) is 80.8 Å². The molecule has 0 aliphatic heterocycles. The van der Waals surface area contributed by atoms with Crippen molar-refractivity contribution in [1.82, 2.24) is 3.71 Å². The van der Waals surface area contributed by atoms with Gasteiger partial charge in [-0.15, -0.1) is 0 Å². The van der Waals surface area contributed by atoms with Crippen LogP contribution < -0.4 is 9.20 Å². The summed E-state index contributed by atoms with van der Waals surface area (Å²) < 4.78 is 65.4. The molecular weight excluding hydrogens is 609 g/mol. The van der Waals surface area contributed by atoms with Gasteiger partial charge in [0.15, 0.2) is 0 Å². The van der Waals surface area contributed by atoms with Crippen LogP contribution in [-0.2, 0) is 20.0 Å². The average Bonchev–Trinajstić information content (AvgIpc) is 2.99. The van der Waals surface area contributed by atoms with Crippen molar-refractivity contribution in [2.24, 2.45) is 0 Å². The van der Waals surface area contributed by atoms with Crippen LogP contribution in [0.3, 0.4) is 0 Å². The van der Waals surface area contributed by atoms with E-state index in [4.69, 9.17) is 4.74 Å². The standard InChI is InChI=1S/C31H31NO5S2Se/c1-3-4-20-30(40-29-18-12-7-13-19-29)31(25-21-23-26(37-2)24-22-25)32(38(33,34)27-14-8-5-9-15-27)39(35,36)28-16-10-6-11-17-28/h5-19,21-24H,3-4,20H2,1-2H3/b31-30+. The van der Waals surface area contributed by atoms with Crippen LogP contribution in [0.1, 0.15) is 31.7 Å². The first kappa shape index (κ1) is 29.6. The summed E-state index contributed by atoms with van der Waals surface area (Å²) in [6.07, 6.45) is 2.17. The van der Waals surface area contributed by atoms with Crippen molar-refractivity contribution in [3.05, 3.63) is 125 Å². The Morgan fingerprint density at radius 2 is 1.18 bits per heavy atom. The number of nitrogens with zero attached hydrogens (tertiary/aromatic N) is 1. The van der Waals surface area contributed by atoms with E-state index in [0.717, 1.165) is 21.8 Å². The van der Waals surface area contributed by atoms with Crippen molar-refractivity contribution < 1.29 is 21.6 Å². The quantitative estimate of drug-likeness (QED) is 0.187. The molecule has 0 saturated carbocycles. The molecule has 6 nitrogen and oxygen atoms in total. The molecule has 40 heavy (non-hydrogen) atoms. The predicted octanol–water partition coefficient (Wildman–Crippen LogP) is 5.66. The fourth-order valence-electron chi connectivity index (χ4n) is 4.05. The Morgan fingerprint density at radius 1 is 0.700 bits per heavy atom. The van der Waals surface area contributed by atoms with E-state index in [-0.39, 0.29) is 30.4 Å². The van der Waals surface area contributed by atoms with E-state index >= 15 is 0 Å². The summed E-state index contributed by atoms with van der Waals surface area (Å²) in [7, 11) is -7.59. The van der Waals surface area contributed by atoms with Crippen molar-refractivity contribution in [3.8, 4) is 5.75 Å². The molecule has 0 bridgehead atoms. The number of benzene rings is 4. The molecule has 4 aromatic carbocycles. The van der Waals surface area contributed by atoms with Gasteiger partial charge in [0.2, 0.25) is 0 Å². The van der Waals surface area contributed by atoms with Crippen molar-refractivity contribution in [3.63, 3.8) is 0 Å². The SMILES string of the molecule is CCCC/C([Se]c1ccccc1)=C(/c1ccc(OC)cc1)N(S(=O)(=O)c1ccccc1)S(=O)(=O)c1ccccc1. The Morgan fingerprint density at radius 3 is 1.62 bits per heavy atom. The maximum absolute atomic E-state index is 14.4. The molecule has 0 radical (unpaired) electrons. The van der Waals surface area contributed by atoms with Gasteiger partial charge in [0.1, 0.15) is 0 Å². The molecule has 0 N–H and O–H groups in total. The Hall–Kier alpha value is -3.36. The van der Waals surface area contributed by atoms with Gasteiger partial charge in [-0.05, 0) is 0 Å². The zero-order chi connectivity index (χ0) is 28.6. The molecule has 208 valence electrons. The first-order chi connectivity index (χ1) is 19.3. The molecule has 0 aliphatic carbocycles. The Balaban J connectivity index is 2.10. The summed E-state index contributed by atoms with van der Waals surface area (Å²) in [5, 5.41) is 0. The number of hydrogen-bond donors (Lipinski definition) is 0. The van der Waals surface area contributed by atoms with Crippen LogP contribution in [0.15, 0.2) is 130 Å². The van der Waals surface area contributed by atoms with E-state index in [9.17, 15) is 16.8 Å². The van der Waals surface area contributed by atoms with Crippen LogP contribution in [0.2, 0.25) is 0 Å². The number of methoxy groups -OCH3 is 1. The minimum atomic E-state index is -4.57. The molecule has 0 fully saturated rings. The van der Waals surface area contributed by atoms with E-state index in [1.807, 2.05) is 30.3 Å². The van der Waals surface area contributed by atoms with Crippen LogP contribution in [-0.4, -0.2) is 42.6 Å². The molecule has 0 unspecified atom stereocenters. The third-order valence-corrected chi connectivity index (χ3v) is 12.6. The van der Waals surface area contributed by atoms with E-state index in [0.29, 0.717) is 21.4 Å². The molecule has 0 amide bonds. The van der Waals surface area contributed by atoms with Crippen LogP contribution in [0.4, 0.5) is 0 Å². The molecular formula is C31H31NO5S2Se. The Bertz CT molecular complexity index is 1570. The molecule has 0 spiro atoms. The summed E-state index contributed by atoms with van der Waals surface area (Å²) in [5.74, 6) is 0.579. The van der Waals surface area contributed by atoms with E-state index in [1.165, 1.54) is 24.3 Å². The summed E-state index contributed by atoms with van der Waals surface area (Å²) in [6, 6.07) is 32.0. The molecule has 4 rings (SSSR count). The monoisotopic (exact) mass is 641 g/mol. The van der Waals surface area contributed by atoms with Crippen molar-refractivity contribution in [2.45, 2.75) is 36.0 Å². The van der Waals surface area contributed by atoms with Crippen LogP contribution >= 0.6 is 0 Å². The van der Waals surface area contributed by atoms with Gasteiger partial charge in [0.05, 0.1) is 0 Å². The fraction of sp³-hybridized carbons (Fsp3) is 0.161. The van der Waals surface area contributed by atoms with Crippen LogP contribution in [0.25, 0.3) is 5.70 Å². The number of unbranched alkanes of at least 4 members (excludes halogenated alkanes) is 1. The number of hydrogen-bond acceptors (Lipinski definition) is 5. The summed E-state index contributed by atoms with van der Waals surface area (Å²) >= 11 is -0.359. The molecule has 0 aromatic heterocycles. The fourth-order valence-corrected chi connectivity index (χ4v) is 10.5. The average molecular weight is 641 g/mol. The van der Waals surface area contributed by atoms with Gasteiger partial charge in [0, 0.05) is 0 Å². The maximum atomic E-state index is 14.4. The van der Waals surface area contributed by atoms with Gasteiger partial charge < -0.3 is 0 Å². The first-order valence-corrected chi connectivity index (χ1v) is 17.4. The van der Waals surface area contributed by atoms with Gasteiger partial charge >= 0.3 is 245 Å². The second-order valence-corrected chi connectivity index (χ2v) is 15.1. The zero-order valence-corrected chi connectivity index (χ0v) is 25.7. The van der Waals surface area contributed by atoms with E-state index < -0.39 is 20.0 Å². The molecule has 0 saturated heterocycles. The van der Waals surface area contributed by atoms with Crippen molar-refractivity contribution in [1.29, 1.82) is 0 Å². The summed E-state index contributed by atoms with van der Waals surface area (Å²) in [5.41, 5.74) is 0.636. The second kappa shape index (κ2) is 13.3. The van der Waals surface area contributed by atoms with Gasteiger partial charge in [-0.1, -0.05) is 0 Å². The summed E-state index contributed by atoms with van der Waals surface area (Å²) in [4.78, 5) is -0.217. The number of sulfonamides is 2. The third kappa shape index (κ3) is 6.67. The van der Waals surface area contributed by atoms with Gasteiger partial charge in [0.25, 0.3) is 0 Å². The molecule has 0 heterocycles. The number of allylic oxidation sites excluding steroid dienone is 1. The molecule has 9 heteroatoms. The van der Waals surface area contributed by atoms with Gasteiger partial charge in [-0.3, -0.25) is 0 Å². The van der Waals surface area contributed by atoms with E-state index in [2.05, 4.69) is 6.92 Å². The Labute approximate surface area is 243 Å². The third-order valence-electron chi connectivity index (χ3n) is 6.07. The zero-order valence-electron chi connectivity index (χ0n) is 22.3. The molecule has 0 atom stereocenters. The first-order valence-electron chi connectivity index (χ1n) is 12.8. The van der Waals surface area contributed by atoms with Gasteiger partial charge in [-0.2, -0.15) is 0 Å². The number of ether oxygens (including phenoxy) is 1. The van der Waals surface area contributed by atoms with Gasteiger partial charge in [-0.25, -0.2) is 0 Å². The van der Waals surface area contributed by atoms with Crippen LogP contribution in [0, 0.1) is 0 Å². The van der Waals surface area contributed by atoms with Crippen molar-refractivity contribution in [2.75, 3.05) is 7.11 Å². The molecule has 0 aliphatic rings. The Kier molecular flexibility index (Phi) is 9.87. The second-order valence-electron chi connectivity index (χ2n) is 8.85. The van der Waals surface area contributed by atoms with E-state index in [1.54, 1.807) is 67.8 Å². The predicted molar refractivity (Wildman–Crippen MR) is 160 cm³/mol. The van der Waals surface area contributed by atoms with Crippen molar-refractivity contribution >= 4 is 45.2 Å². The minimum absolute atomic E-state index is 0.109. The van der Waals surface area contributed by atoms with Crippen LogP contribution in [0.5, 0.6) is 5.75 Å². The summed E-state index contributed by atoms with van der Waals surface area (Å²) in [6.45, 7) is 2.05. The normalized spacial score (nSPS) is 12.4.